The van der Waals surface area contributed by atoms with Crippen LogP contribution >= 0.6 is 0 Å². The zero-order valence-electron chi connectivity index (χ0n) is 9.49. The fourth-order valence-corrected chi connectivity index (χ4v) is 1.63. The van der Waals surface area contributed by atoms with E-state index in [1.807, 2.05) is 0 Å². The summed E-state index contributed by atoms with van der Waals surface area (Å²) in [4.78, 5) is 10.7. The van der Waals surface area contributed by atoms with Crippen molar-refractivity contribution in [1.82, 2.24) is 0 Å². The maximum Gasteiger partial charge on any atom is 0.409 e. The van der Waals surface area contributed by atoms with Gasteiger partial charge in [-0.15, -0.1) is 0 Å². The Labute approximate surface area is 106 Å². The van der Waals surface area contributed by atoms with Crippen molar-refractivity contribution < 1.29 is 22.7 Å². The standard InChI is InChI=1S/C13H8F3NO2/c14-8-1-2-12(19-13(17)18)11(6-8)7-3-9(15)5-10(16)4-7/h1-6H,(H2,17,18). The third kappa shape index (κ3) is 3.04. The van der Waals surface area contributed by atoms with Crippen LogP contribution in [0.3, 0.4) is 0 Å². The quantitative estimate of drug-likeness (QED) is 0.908. The van der Waals surface area contributed by atoms with Crippen LogP contribution in [-0.2, 0) is 0 Å². The largest absolute Gasteiger partial charge is 0.410 e. The normalized spacial score (nSPS) is 10.3. The van der Waals surface area contributed by atoms with E-state index >= 15 is 0 Å². The number of ether oxygens (including phenoxy) is 1. The topological polar surface area (TPSA) is 52.3 Å². The molecule has 0 radical (unpaired) electrons. The molecule has 2 N–H and O–H groups in total. The van der Waals surface area contributed by atoms with E-state index in [4.69, 9.17) is 5.73 Å². The van der Waals surface area contributed by atoms with Crippen molar-refractivity contribution in [2.24, 2.45) is 5.73 Å². The van der Waals surface area contributed by atoms with Gasteiger partial charge in [-0.05, 0) is 35.9 Å². The minimum atomic E-state index is -1.11. The Morgan fingerprint density at radius 2 is 1.58 bits per heavy atom. The molecule has 0 fully saturated rings. The van der Waals surface area contributed by atoms with Crippen molar-refractivity contribution in [3.63, 3.8) is 0 Å². The molecule has 3 nitrogen and oxygen atoms in total. The SMILES string of the molecule is NC(=O)Oc1ccc(F)cc1-c1cc(F)cc(F)c1. The smallest absolute Gasteiger partial charge is 0.409 e. The molecule has 0 spiro atoms. The third-order valence-corrected chi connectivity index (χ3v) is 2.33. The molecule has 0 aromatic heterocycles. The Balaban J connectivity index is 2.58. The maximum atomic E-state index is 13.2. The molecular formula is C13H8F3NO2. The lowest BCUT2D eigenvalue weighted by Crippen LogP contribution is -2.16. The van der Waals surface area contributed by atoms with Crippen molar-refractivity contribution in [3.8, 4) is 16.9 Å². The Bertz CT molecular complexity index is 624. The molecule has 6 heteroatoms. The van der Waals surface area contributed by atoms with E-state index in [2.05, 4.69) is 4.74 Å². The highest BCUT2D eigenvalue weighted by Crippen LogP contribution is 2.31. The van der Waals surface area contributed by atoms with Crippen LogP contribution in [0.25, 0.3) is 11.1 Å². The van der Waals surface area contributed by atoms with E-state index in [0.717, 1.165) is 30.3 Å². The summed E-state index contributed by atoms with van der Waals surface area (Å²) in [6.45, 7) is 0. The number of hydrogen-bond donors (Lipinski definition) is 1. The number of amides is 1. The van der Waals surface area contributed by atoms with E-state index in [0.29, 0.717) is 6.07 Å². The van der Waals surface area contributed by atoms with Crippen molar-refractivity contribution in [3.05, 3.63) is 53.8 Å². The van der Waals surface area contributed by atoms with Crippen LogP contribution in [0.15, 0.2) is 36.4 Å². The maximum absolute atomic E-state index is 13.2. The Kier molecular flexibility index (Phi) is 3.41. The van der Waals surface area contributed by atoms with Crippen molar-refractivity contribution in [2.75, 3.05) is 0 Å². The number of carbonyl (C=O) groups excluding carboxylic acids is 1. The Hall–Kier alpha value is -2.50. The van der Waals surface area contributed by atoms with Crippen molar-refractivity contribution >= 4 is 6.09 Å². The van der Waals surface area contributed by atoms with Crippen LogP contribution in [0.4, 0.5) is 18.0 Å². The number of rotatable bonds is 2. The molecule has 19 heavy (non-hydrogen) atoms. The minimum absolute atomic E-state index is 0.0252. The average molecular weight is 267 g/mol. The lowest BCUT2D eigenvalue weighted by Gasteiger charge is -2.09. The predicted molar refractivity (Wildman–Crippen MR) is 62.0 cm³/mol. The number of nitrogens with two attached hydrogens (primary N) is 1. The van der Waals surface area contributed by atoms with Gasteiger partial charge < -0.3 is 10.5 Å². The van der Waals surface area contributed by atoms with Crippen LogP contribution < -0.4 is 10.5 Å². The first kappa shape index (κ1) is 12.9. The van der Waals surface area contributed by atoms with Gasteiger partial charge in [0.1, 0.15) is 23.2 Å². The monoisotopic (exact) mass is 267 g/mol. The van der Waals surface area contributed by atoms with Crippen LogP contribution in [-0.4, -0.2) is 6.09 Å². The molecule has 2 aromatic carbocycles. The van der Waals surface area contributed by atoms with Gasteiger partial charge in [0.2, 0.25) is 0 Å². The minimum Gasteiger partial charge on any atom is -0.410 e. The van der Waals surface area contributed by atoms with E-state index in [-0.39, 0.29) is 16.9 Å². The molecule has 0 bridgehead atoms. The summed E-state index contributed by atoms with van der Waals surface area (Å²) in [6.07, 6.45) is -1.11. The van der Waals surface area contributed by atoms with Crippen molar-refractivity contribution in [2.45, 2.75) is 0 Å². The van der Waals surface area contributed by atoms with E-state index in [1.54, 1.807) is 0 Å². The van der Waals surface area contributed by atoms with Gasteiger partial charge in [-0.2, -0.15) is 0 Å². The van der Waals surface area contributed by atoms with Gasteiger partial charge in [-0.25, -0.2) is 18.0 Å². The molecule has 0 atom stereocenters. The number of benzene rings is 2. The summed E-state index contributed by atoms with van der Waals surface area (Å²) in [6, 6.07) is 5.84. The fourth-order valence-electron chi connectivity index (χ4n) is 1.63. The summed E-state index contributed by atoms with van der Waals surface area (Å²) in [5.74, 6) is -2.39. The summed E-state index contributed by atoms with van der Waals surface area (Å²) in [5.41, 5.74) is 4.93. The van der Waals surface area contributed by atoms with Gasteiger partial charge in [-0.3, -0.25) is 0 Å². The molecule has 2 rings (SSSR count). The Morgan fingerprint density at radius 1 is 0.947 bits per heavy atom. The van der Waals surface area contributed by atoms with Crippen LogP contribution in [0, 0.1) is 17.5 Å². The highest BCUT2D eigenvalue weighted by Gasteiger charge is 2.12. The van der Waals surface area contributed by atoms with E-state index < -0.39 is 23.5 Å². The second kappa shape index (κ2) is 5.01. The molecule has 0 heterocycles. The number of primary amides is 1. The van der Waals surface area contributed by atoms with E-state index in [9.17, 15) is 18.0 Å². The third-order valence-electron chi connectivity index (χ3n) is 2.33. The molecule has 1 amide bonds. The lowest BCUT2D eigenvalue weighted by atomic mass is 10.0. The molecule has 0 aliphatic carbocycles. The molecular weight excluding hydrogens is 259 g/mol. The zero-order valence-corrected chi connectivity index (χ0v) is 9.49. The van der Waals surface area contributed by atoms with Gasteiger partial charge in [-0.1, -0.05) is 0 Å². The van der Waals surface area contributed by atoms with Gasteiger partial charge >= 0.3 is 6.09 Å². The fraction of sp³-hybridized carbons (Fsp3) is 0. The van der Waals surface area contributed by atoms with Crippen LogP contribution in [0.1, 0.15) is 0 Å². The first-order valence-corrected chi connectivity index (χ1v) is 5.19. The van der Waals surface area contributed by atoms with Crippen molar-refractivity contribution in [1.29, 1.82) is 0 Å². The molecule has 0 unspecified atom stereocenters. The summed E-state index contributed by atoms with van der Waals surface area (Å²) >= 11 is 0. The number of halogens is 3. The van der Waals surface area contributed by atoms with E-state index in [1.165, 1.54) is 0 Å². The van der Waals surface area contributed by atoms with Gasteiger partial charge in [0.15, 0.2) is 0 Å². The summed E-state index contributed by atoms with van der Waals surface area (Å²) < 4.78 is 44.2. The first-order chi connectivity index (χ1) is 8.95. The summed E-state index contributed by atoms with van der Waals surface area (Å²) in [7, 11) is 0. The molecule has 2 aromatic rings. The molecule has 0 saturated carbocycles. The molecule has 0 saturated heterocycles. The van der Waals surface area contributed by atoms with Gasteiger partial charge in [0.25, 0.3) is 0 Å². The van der Waals surface area contributed by atoms with Gasteiger partial charge in [0, 0.05) is 11.6 Å². The predicted octanol–water partition coefficient (Wildman–Crippen LogP) is 3.23. The molecule has 0 aliphatic rings. The second-order valence-electron chi connectivity index (χ2n) is 3.72. The summed E-state index contributed by atoms with van der Waals surface area (Å²) in [5, 5.41) is 0. The number of carbonyl (C=O) groups is 1. The number of hydrogen-bond acceptors (Lipinski definition) is 2. The first-order valence-electron chi connectivity index (χ1n) is 5.19. The Morgan fingerprint density at radius 3 is 2.16 bits per heavy atom. The second-order valence-corrected chi connectivity index (χ2v) is 3.72. The highest BCUT2D eigenvalue weighted by molar-refractivity contribution is 5.76. The molecule has 0 aliphatic heterocycles. The average Bonchev–Trinajstić information content (AvgIpc) is 2.29. The zero-order chi connectivity index (χ0) is 14.0. The lowest BCUT2D eigenvalue weighted by molar-refractivity contribution is 0.211. The van der Waals surface area contributed by atoms with Gasteiger partial charge in [0.05, 0.1) is 0 Å². The van der Waals surface area contributed by atoms with Crippen LogP contribution in [0.5, 0.6) is 5.75 Å². The molecule has 98 valence electrons. The van der Waals surface area contributed by atoms with Crippen LogP contribution in [0.2, 0.25) is 0 Å². The highest BCUT2D eigenvalue weighted by atomic mass is 19.1.